The maximum absolute atomic E-state index is 12.2. The van der Waals surface area contributed by atoms with Crippen LogP contribution in [0.15, 0.2) is 53.8 Å². The largest absolute Gasteiger partial charge is 0.493 e. The molecule has 0 radical (unpaired) electrons. The Labute approximate surface area is 178 Å². The molecule has 0 bridgehead atoms. The van der Waals surface area contributed by atoms with E-state index in [0.717, 1.165) is 47.0 Å². The van der Waals surface area contributed by atoms with E-state index in [1.54, 1.807) is 19.5 Å². The number of anilines is 3. The Hall–Kier alpha value is -4.01. The van der Waals surface area contributed by atoms with E-state index in [9.17, 15) is 4.79 Å². The highest BCUT2D eigenvalue weighted by Gasteiger charge is 2.21. The molecule has 5 heterocycles. The van der Waals surface area contributed by atoms with Gasteiger partial charge in [-0.2, -0.15) is 4.52 Å². The summed E-state index contributed by atoms with van der Waals surface area (Å²) in [5.74, 6) is 1.44. The first kappa shape index (κ1) is 19.0. The summed E-state index contributed by atoms with van der Waals surface area (Å²) in [6, 6.07) is 7.27. The average Bonchev–Trinajstić information content (AvgIpc) is 2.79. The van der Waals surface area contributed by atoms with Gasteiger partial charge in [-0.05, 0) is 36.2 Å². The molecule has 0 aromatic carbocycles. The number of fused-ring (bicyclic) bond motifs is 2. The van der Waals surface area contributed by atoms with Gasteiger partial charge in [0.15, 0.2) is 17.2 Å². The Bertz CT molecular complexity index is 1340. The van der Waals surface area contributed by atoms with Crippen molar-refractivity contribution in [3.63, 3.8) is 0 Å². The first-order valence-corrected chi connectivity index (χ1v) is 9.96. The third kappa shape index (κ3) is 3.54. The smallest absolute Gasteiger partial charge is 0.274 e. The molecule has 31 heavy (non-hydrogen) atoms. The zero-order valence-electron chi connectivity index (χ0n) is 17.2. The second kappa shape index (κ2) is 7.67. The fourth-order valence-electron chi connectivity index (χ4n) is 3.84. The minimum atomic E-state index is -0.192. The highest BCUT2D eigenvalue weighted by Crippen LogP contribution is 2.29. The van der Waals surface area contributed by atoms with Gasteiger partial charge >= 0.3 is 0 Å². The van der Waals surface area contributed by atoms with Crippen LogP contribution >= 0.6 is 0 Å². The normalized spacial score (nSPS) is 13.2. The van der Waals surface area contributed by atoms with Crippen molar-refractivity contribution >= 4 is 22.8 Å². The maximum atomic E-state index is 12.2. The molecule has 1 aliphatic heterocycles. The summed E-state index contributed by atoms with van der Waals surface area (Å²) in [5.41, 5.74) is 5.21. The quantitative estimate of drug-likeness (QED) is 0.543. The number of nitrogens with one attached hydrogen (secondary N) is 1. The van der Waals surface area contributed by atoms with Gasteiger partial charge in [0.2, 0.25) is 0 Å². The number of methoxy groups -OCH3 is 1. The maximum Gasteiger partial charge on any atom is 0.274 e. The van der Waals surface area contributed by atoms with Gasteiger partial charge < -0.3 is 15.0 Å². The van der Waals surface area contributed by atoms with Crippen LogP contribution in [0.2, 0.25) is 0 Å². The molecule has 0 spiro atoms. The van der Waals surface area contributed by atoms with Gasteiger partial charge in [-0.1, -0.05) is 0 Å². The van der Waals surface area contributed by atoms with Crippen molar-refractivity contribution in [3.8, 4) is 5.75 Å². The van der Waals surface area contributed by atoms with Crippen molar-refractivity contribution in [2.75, 3.05) is 23.9 Å². The summed E-state index contributed by atoms with van der Waals surface area (Å²) in [5, 5.41) is 7.95. The Morgan fingerprint density at radius 1 is 1.13 bits per heavy atom. The summed E-state index contributed by atoms with van der Waals surface area (Å²) in [7, 11) is 1.62. The van der Waals surface area contributed by atoms with Gasteiger partial charge in [0.25, 0.3) is 5.56 Å². The van der Waals surface area contributed by atoms with Gasteiger partial charge in [-0.25, -0.2) is 4.98 Å². The van der Waals surface area contributed by atoms with Crippen LogP contribution in [0.25, 0.3) is 5.65 Å². The van der Waals surface area contributed by atoms with E-state index in [2.05, 4.69) is 36.3 Å². The summed E-state index contributed by atoms with van der Waals surface area (Å²) in [6.07, 6.45) is 7.52. The third-order valence-corrected chi connectivity index (χ3v) is 5.37. The van der Waals surface area contributed by atoms with E-state index in [1.807, 2.05) is 25.3 Å². The van der Waals surface area contributed by atoms with Crippen LogP contribution in [0.3, 0.4) is 0 Å². The highest BCUT2D eigenvalue weighted by molar-refractivity contribution is 5.66. The van der Waals surface area contributed by atoms with Crippen LogP contribution in [-0.4, -0.2) is 38.2 Å². The monoisotopic (exact) mass is 415 g/mol. The molecule has 0 unspecified atom stereocenters. The number of nitrogens with zero attached hydrogens (tertiary/aromatic N) is 6. The second-order valence-corrected chi connectivity index (χ2v) is 7.41. The number of aromatic nitrogens is 5. The minimum Gasteiger partial charge on any atom is -0.493 e. The zero-order valence-corrected chi connectivity index (χ0v) is 17.2. The van der Waals surface area contributed by atoms with Gasteiger partial charge in [0, 0.05) is 43.7 Å². The molecular formula is C22H21N7O2. The standard InChI is InChI=1S/C22H21N7O2/c1-14-9-20-24-7-4-21(30)29(20)27-22(14)28-8-5-17-15(13-28)10-16(11-25-17)26-18-3-6-23-12-19(18)31-2/h3-4,6-7,9-12H,5,8,13H2,1-2H3,(H,23,26). The summed E-state index contributed by atoms with van der Waals surface area (Å²) < 4.78 is 6.72. The number of pyridine rings is 2. The topological polar surface area (TPSA) is 97.5 Å². The summed E-state index contributed by atoms with van der Waals surface area (Å²) in [4.78, 5) is 27.4. The van der Waals surface area contributed by atoms with Crippen molar-refractivity contribution in [2.45, 2.75) is 19.9 Å². The fraction of sp³-hybridized carbons (Fsp3) is 0.227. The van der Waals surface area contributed by atoms with E-state index in [4.69, 9.17) is 4.74 Å². The van der Waals surface area contributed by atoms with Crippen LogP contribution in [0.1, 0.15) is 16.8 Å². The second-order valence-electron chi connectivity index (χ2n) is 7.41. The van der Waals surface area contributed by atoms with E-state index in [0.29, 0.717) is 17.9 Å². The predicted molar refractivity (Wildman–Crippen MR) is 117 cm³/mol. The first-order valence-electron chi connectivity index (χ1n) is 9.96. The molecule has 9 heteroatoms. The molecule has 0 aliphatic carbocycles. The van der Waals surface area contributed by atoms with Crippen molar-refractivity contribution in [3.05, 3.63) is 76.2 Å². The highest BCUT2D eigenvalue weighted by atomic mass is 16.5. The number of rotatable bonds is 4. The Morgan fingerprint density at radius 3 is 2.90 bits per heavy atom. The first-order chi connectivity index (χ1) is 15.1. The number of hydrogen-bond donors (Lipinski definition) is 1. The van der Waals surface area contributed by atoms with Gasteiger partial charge in [0.05, 0.1) is 30.9 Å². The number of ether oxygens (including phenoxy) is 1. The molecule has 0 saturated carbocycles. The molecule has 4 aromatic heterocycles. The number of hydrogen-bond acceptors (Lipinski definition) is 8. The van der Waals surface area contributed by atoms with Crippen LogP contribution in [0, 0.1) is 6.92 Å². The molecular weight excluding hydrogens is 394 g/mol. The van der Waals surface area contributed by atoms with Gasteiger partial charge in [-0.3, -0.25) is 14.8 Å². The molecule has 5 rings (SSSR count). The lowest BCUT2D eigenvalue weighted by molar-refractivity contribution is 0.415. The van der Waals surface area contributed by atoms with Crippen LogP contribution in [0.5, 0.6) is 5.75 Å². The molecule has 0 saturated heterocycles. The predicted octanol–water partition coefficient (Wildman–Crippen LogP) is 2.50. The number of aryl methyl sites for hydroxylation is 1. The molecule has 0 atom stereocenters. The molecule has 156 valence electrons. The molecule has 0 amide bonds. The van der Waals surface area contributed by atoms with Gasteiger partial charge in [0.1, 0.15) is 0 Å². The van der Waals surface area contributed by atoms with E-state index < -0.39 is 0 Å². The lowest BCUT2D eigenvalue weighted by atomic mass is 10.0. The van der Waals surface area contributed by atoms with E-state index >= 15 is 0 Å². The lowest BCUT2D eigenvalue weighted by Gasteiger charge is -2.30. The van der Waals surface area contributed by atoms with Gasteiger partial charge in [-0.15, -0.1) is 5.10 Å². The van der Waals surface area contributed by atoms with E-state index in [1.165, 1.54) is 16.8 Å². The van der Waals surface area contributed by atoms with E-state index in [-0.39, 0.29) is 5.56 Å². The Kier molecular flexibility index (Phi) is 4.70. The lowest BCUT2D eigenvalue weighted by Crippen LogP contribution is -2.33. The molecule has 1 N–H and O–H groups in total. The Balaban J connectivity index is 1.46. The van der Waals surface area contributed by atoms with Crippen LogP contribution < -0.4 is 20.5 Å². The van der Waals surface area contributed by atoms with Crippen LogP contribution in [-0.2, 0) is 13.0 Å². The molecule has 9 nitrogen and oxygen atoms in total. The summed E-state index contributed by atoms with van der Waals surface area (Å²) >= 11 is 0. The summed E-state index contributed by atoms with van der Waals surface area (Å²) in [6.45, 7) is 3.42. The minimum absolute atomic E-state index is 0.192. The molecule has 0 fully saturated rings. The van der Waals surface area contributed by atoms with Crippen molar-refractivity contribution < 1.29 is 4.74 Å². The average molecular weight is 415 g/mol. The van der Waals surface area contributed by atoms with Crippen molar-refractivity contribution in [1.82, 2.24) is 24.6 Å². The third-order valence-electron chi connectivity index (χ3n) is 5.37. The van der Waals surface area contributed by atoms with Crippen LogP contribution in [0.4, 0.5) is 17.2 Å². The van der Waals surface area contributed by atoms with Crippen molar-refractivity contribution in [2.24, 2.45) is 0 Å². The SMILES string of the molecule is COc1cnccc1Nc1cnc2c(c1)CN(c1nn3c(=O)ccnc3cc1C)CC2. The molecule has 1 aliphatic rings. The molecule has 4 aromatic rings. The zero-order chi connectivity index (χ0) is 21.4. The Morgan fingerprint density at radius 2 is 2.03 bits per heavy atom. The van der Waals surface area contributed by atoms with Crippen molar-refractivity contribution in [1.29, 1.82) is 0 Å². The fourth-order valence-corrected chi connectivity index (χ4v) is 3.84.